The number of nitrogens with two attached hydrogens (primary N) is 1. The van der Waals surface area contributed by atoms with Gasteiger partial charge in [-0.1, -0.05) is 0 Å². The molecular formula is C17H24N2O3. The summed E-state index contributed by atoms with van der Waals surface area (Å²) >= 11 is 0. The van der Waals surface area contributed by atoms with Gasteiger partial charge in [0.15, 0.2) is 5.78 Å². The van der Waals surface area contributed by atoms with Crippen molar-refractivity contribution in [3.63, 3.8) is 0 Å². The van der Waals surface area contributed by atoms with E-state index in [-0.39, 0.29) is 17.6 Å². The predicted octanol–water partition coefficient (Wildman–Crippen LogP) is 1.99. The van der Waals surface area contributed by atoms with E-state index in [1.165, 1.54) is 0 Å². The quantitative estimate of drug-likeness (QED) is 0.816. The Morgan fingerprint density at radius 1 is 1.32 bits per heavy atom. The molecule has 1 aromatic rings. The van der Waals surface area contributed by atoms with Crippen LogP contribution in [0.15, 0.2) is 18.2 Å². The molecule has 0 bridgehead atoms. The van der Waals surface area contributed by atoms with Gasteiger partial charge in [-0.2, -0.15) is 0 Å². The van der Waals surface area contributed by atoms with Crippen molar-refractivity contribution < 1.29 is 14.3 Å². The van der Waals surface area contributed by atoms with E-state index in [2.05, 4.69) is 4.90 Å². The summed E-state index contributed by atoms with van der Waals surface area (Å²) in [6.07, 6.45) is 1.59. The third-order valence-electron chi connectivity index (χ3n) is 4.15. The van der Waals surface area contributed by atoms with E-state index in [4.69, 9.17) is 10.5 Å². The predicted molar refractivity (Wildman–Crippen MR) is 84.8 cm³/mol. The van der Waals surface area contributed by atoms with Crippen LogP contribution in [-0.2, 0) is 11.3 Å². The number of benzene rings is 1. The molecule has 0 spiro atoms. The number of Topliss-reactive ketones (excluding diaryl/α,β-unsaturated/α-hetero) is 1. The molecule has 5 heteroatoms. The molecule has 0 saturated carbocycles. The molecule has 2 rings (SSSR count). The normalized spacial score (nSPS) is 16.5. The van der Waals surface area contributed by atoms with Gasteiger partial charge < -0.3 is 10.5 Å². The van der Waals surface area contributed by atoms with Gasteiger partial charge in [0.25, 0.3) is 0 Å². The number of ether oxygens (including phenoxy) is 1. The van der Waals surface area contributed by atoms with Crippen LogP contribution in [-0.4, -0.2) is 36.3 Å². The smallest absolute Gasteiger partial charge is 0.220 e. The standard InChI is InChI=1S/C17H24N2O3/c1-3-22-16-5-4-14(12(2)20)10-15(16)11-19-8-6-13(7-9-19)17(18)21/h4-5,10,13H,3,6-9,11H2,1-2H3,(H2,18,21). The zero-order valence-corrected chi connectivity index (χ0v) is 13.3. The minimum atomic E-state index is -0.201. The van der Waals surface area contributed by atoms with E-state index in [1.54, 1.807) is 13.0 Å². The van der Waals surface area contributed by atoms with Crippen LogP contribution in [0.4, 0.5) is 0 Å². The van der Waals surface area contributed by atoms with Crippen LogP contribution in [0, 0.1) is 5.92 Å². The fourth-order valence-corrected chi connectivity index (χ4v) is 2.83. The fraction of sp³-hybridized carbons (Fsp3) is 0.529. The maximum absolute atomic E-state index is 11.6. The highest BCUT2D eigenvalue weighted by atomic mass is 16.5. The SMILES string of the molecule is CCOc1ccc(C(C)=O)cc1CN1CCC(C(N)=O)CC1. The first-order valence-electron chi connectivity index (χ1n) is 7.79. The molecule has 22 heavy (non-hydrogen) atoms. The summed E-state index contributed by atoms with van der Waals surface area (Å²) < 4.78 is 5.66. The first kappa shape index (κ1) is 16.5. The molecular weight excluding hydrogens is 280 g/mol. The van der Waals surface area contributed by atoms with Crippen molar-refractivity contribution in [2.45, 2.75) is 33.2 Å². The van der Waals surface area contributed by atoms with Gasteiger partial charge in [-0.25, -0.2) is 0 Å². The second-order valence-corrected chi connectivity index (χ2v) is 5.76. The summed E-state index contributed by atoms with van der Waals surface area (Å²) in [4.78, 5) is 25.1. The monoisotopic (exact) mass is 304 g/mol. The Morgan fingerprint density at radius 2 is 2.00 bits per heavy atom. The molecule has 0 atom stereocenters. The van der Waals surface area contributed by atoms with Gasteiger partial charge >= 0.3 is 0 Å². The van der Waals surface area contributed by atoms with Gasteiger partial charge in [0.2, 0.25) is 5.91 Å². The van der Waals surface area contributed by atoms with Gasteiger partial charge in [0.05, 0.1) is 6.61 Å². The third kappa shape index (κ3) is 4.07. The lowest BCUT2D eigenvalue weighted by molar-refractivity contribution is -0.123. The lowest BCUT2D eigenvalue weighted by Crippen LogP contribution is -2.38. The van der Waals surface area contributed by atoms with Gasteiger partial charge in [0, 0.05) is 23.6 Å². The number of primary amides is 1. The van der Waals surface area contributed by atoms with Gasteiger partial charge in [-0.15, -0.1) is 0 Å². The number of carbonyl (C=O) groups excluding carboxylic acids is 2. The van der Waals surface area contributed by atoms with Crippen LogP contribution >= 0.6 is 0 Å². The van der Waals surface area contributed by atoms with E-state index in [9.17, 15) is 9.59 Å². The van der Waals surface area contributed by atoms with Gasteiger partial charge in [0.1, 0.15) is 5.75 Å². The molecule has 0 aliphatic carbocycles. The molecule has 5 nitrogen and oxygen atoms in total. The minimum Gasteiger partial charge on any atom is -0.494 e. The molecule has 1 amide bonds. The van der Waals surface area contributed by atoms with E-state index in [1.807, 2.05) is 19.1 Å². The van der Waals surface area contributed by atoms with Crippen molar-refractivity contribution in [1.82, 2.24) is 4.90 Å². The van der Waals surface area contributed by atoms with E-state index in [0.717, 1.165) is 43.8 Å². The molecule has 0 radical (unpaired) electrons. The van der Waals surface area contributed by atoms with Gasteiger partial charge in [-0.05, 0) is 58.0 Å². The number of likely N-dealkylation sites (tertiary alicyclic amines) is 1. The Morgan fingerprint density at radius 3 is 2.55 bits per heavy atom. The molecule has 1 saturated heterocycles. The third-order valence-corrected chi connectivity index (χ3v) is 4.15. The summed E-state index contributed by atoms with van der Waals surface area (Å²) in [7, 11) is 0. The number of ketones is 1. The Labute approximate surface area is 131 Å². The number of nitrogens with zero attached hydrogens (tertiary/aromatic N) is 1. The second kappa shape index (κ2) is 7.40. The number of hydrogen-bond acceptors (Lipinski definition) is 4. The average molecular weight is 304 g/mol. The number of amides is 1. The highest BCUT2D eigenvalue weighted by Gasteiger charge is 2.23. The van der Waals surface area contributed by atoms with Crippen LogP contribution in [0.1, 0.15) is 42.6 Å². The molecule has 120 valence electrons. The van der Waals surface area contributed by atoms with E-state index >= 15 is 0 Å². The van der Waals surface area contributed by atoms with E-state index in [0.29, 0.717) is 12.2 Å². The zero-order valence-electron chi connectivity index (χ0n) is 13.3. The van der Waals surface area contributed by atoms with Crippen LogP contribution in [0.2, 0.25) is 0 Å². The van der Waals surface area contributed by atoms with Crippen molar-refractivity contribution in [2.24, 2.45) is 11.7 Å². The Balaban J connectivity index is 2.09. The lowest BCUT2D eigenvalue weighted by atomic mass is 9.95. The summed E-state index contributed by atoms with van der Waals surface area (Å²) in [5.41, 5.74) is 7.09. The zero-order chi connectivity index (χ0) is 16.1. The molecule has 1 aliphatic heterocycles. The Hall–Kier alpha value is -1.88. The number of rotatable bonds is 6. The number of hydrogen-bond donors (Lipinski definition) is 1. The average Bonchev–Trinajstić information content (AvgIpc) is 2.49. The highest BCUT2D eigenvalue weighted by molar-refractivity contribution is 5.94. The topological polar surface area (TPSA) is 72.6 Å². The van der Waals surface area contributed by atoms with Crippen molar-refractivity contribution >= 4 is 11.7 Å². The lowest BCUT2D eigenvalue weighted by Gasteiger charge is -2.31. The maximum atomic E-state index is 11.6. The Bertz CT molecular complexity index is 549. The minimum absolute atomic E-state index is 0.00818. The molecule has 0 unspecified atom stereocenters. The highest BCUT2D eigenvalue weighted by Crippen LogP contribution is 2.25. The van der Waals surface area contributed by atoms with Crippen molar-refractivity contribution in [2.75, 3.05) is 19.7 Å². The van der Waals surface area contributed by atoms with Crippen LogP contribution in [0.5, 0.6) is 5.75 Å². The second-order valence-electron chi connectivity index (χ2n) is 5.76. The van der Waals surface area contributed by atoms with Crippen LogP contribution in [0.3, 0.4) is 0 Å². The number of piperidine rings is 1. The largest absolute Gasteiger partial charge is 0.494 e. The first-order chi connectivity index (χ1) is 10.5. The molecule has 0 aromatic heterocycles. The first-order valence-corrected chi connectivity index (χ1v) is 7.79. The molecule has 1 aliphatic rings. The maximum Gasteiger partial charge on any atom is 0.220 e. The van der Waals surface area contributed by atoms with Crippen molar-refractivity contribution in [1.29, 1.82) is 0 Å². The van der Waals surface area contributed by atoms with Crippen LogP contribution in [0.25, 0.3) is 0 Å². The summed E-state index contributed by atoms with van der Waals surface area (Å²) in [5.74, 6) is 0.667. The molecule has 1 heterocycles. The van der Waals surface area contributed by atoms with Crippen molar-refractivity contribution in [3.8, 4) is 5.75 Å². The molecule has 1 fully saturated rings. The summed E-state index contributed by atoms with van der Waals surface area (Å²) in [6.45, 7) is 6.50. The fourth-order valence-electron chi connectivity index (χ4n) is 2.83. The summed E-state index contributed by atoms with van der Waals surface area (Å²) in [5, 5.41) is 0. The molecule has 2 N–H and O–H groups in total. The number of carbonyl (C=O) groups is 2. The van der Waals surface area contributed by atoms with Crippen molar-refractivity contribution in [3.05, 3.63) is 29.3 Å². The molecule has 1 aromatic carbocycles. The van der Waals surface area contributed by atoms with Crippen LogP contribution < -0.4 is 10.5 Å². The van der Waals surface area contributed by atoms with Gasteiger partial charge in [-0.3, -0.25) is 14.5 Å². The summed E-state index contributed by atoms with van der Waals surface area (Å²) in [6, 6.07) is 5.58. The Kier molecular flexibility index (Phi) is 5.55. The van der Waals surface area contributed by atoms with E-state index < -0.39 is 0 Å².